The number of nitrogens with one attached hydrogen (secondary N) is 1. The summed E-state index contributed by atoms with van der Waals surface area (Å²) in [6, 6.07) is 15.6. The Balaban J connectivity index is 1.61. The van der Waals surface area contributed by atoms with E-state index in [1.165, 1.54) is 22.5 Å². The number of carbonyl (C=O) groups excluding carboxylic acids is 1. The standard InChI is InChI=1S/C23H20ClFN2O3S/c1-15-4-8-19(9-5-15)31(29,30)27-12-2-3-16-13-17(6-11-22(16)27)23(28)26-18-7-10-21(25)20(24)14-18/h4-11,13-14H,2-3,12H2,1H3,(H,26,28). The highest BCUT2D eigenvalue weighted by molar-refractivity contribution is 7.92. The van der Waals surface area contributed by atoms with E-state index in [-0.39, 0.29) is 15.8 Å². The van der Waals surface area contributed by atoms with Gasteiger partial charge in [-0.05, 0) is 73.9 Å². The third-order valence-electron chi connectivity index (χ3n) is 5.20. The lowest BCUT2D eigenvalue weighted by molar-refractivity contribution is 0.102. The summed E-state index contributed by atoms with van der Waals surface area (Å²) in [7, 11) is -3.70. The molecule has 1 aliphatic heterocycles. The van der Waals surface area contributed by atoms with E-state index in [1.807, 2.05) is 6.92 Å². The second-order valence-electron chi connectivity index (χ2n) is 7.42. The van der Waals surface area contributed by atoms with Crippen LogP contribution in [-0.2, 0) is 16.4 Å². The van der Waals surface area contributed by atoms with Crippen molar-refractivity contribution >= 4 is 38.9 Å². The summed E-state index contributed by atoms with van der Waals surface area (Å²) < 4.78 is 41.1. The van der Waals surface area contributed by atoms with Gasteiger partial charge in [-0.3, -0.25) is 9.10 Å². The van der Waals surface area contributed by atoms with Crippen molar-refractivity contribution in [2.45, 2.75) is 24.7 Å². The van der Waals surface area contributed by atoms with Crippen molar-refractivity contribution < 1.29 is 17.6 Å². The maximum atomic E-state index is 13.3. The molecule has 1 amide bonds. The average molecular weight is 459 g/mol. The predicted molar refractivity (Wildman–Crippen MR) is 120 cm³/mol. The fourth-order valence-electron chi connectivity index (χ4n) is 3.57. The molecular weight excluding hydrogens is 439 g/mol. The highest BCUT2D eigenvalue weighted by Gasteiger charge is 2.29. The summed E-state index contributed by atoms with van der Waals surface area (Å²) in [4.78, 5) is 12.9. The van der Waals surface area contributed by atoms with E-state index in [9.17, 15) is 17.6 Å². The number of hydrogen-bond acceptors (Lipinski definition) is 3. The number of benzene rings is 3. The minimum Gasteiger partial charge on any atom is -0.322 e. The smallest absolute Gasteiger partial charge is 0.264 e. The Morgan fingerprint density at radius 3 is 2.52 bits per heavy atom. The van der Waals surface area contributed by atoms with Crippen LogP contribution >= 0.6 is 11.6 Å². The predicted octanol–water partition coefficient (Wildman–Crippen LogP) is 5.18. The monoisotopic (exact) mass is 458 g/mol. The lowest BCUT2D eigenvalue weighted by atomic mass is 10.0. The second kappa shape index (κ2) is 8.32. The van der Waals surface area contributed by atoms with Gasteiger partial charge in [-0.25, -0.2) is 12.8 Å². The van der Waals surface area contributed by atoms with Crippen molar-refractivity contribution in [3.8, 4) is 0 Å². The van der Waals surface area contributed by atoms with Crippen LogP contribution in [0.1, 0.15) is 27.9 Å². The molecule has 1 heterocycles. The summed E-state index contributed by atoms with van der Waals surface area (Å²) in [5.74, 6) is -0.952. The first-order chi connectivity index (χ1) is 14.8. The number of anilines is 2. The summed E-state index contributed by atoms with van der Waals surface area (Å²) in [5, 5.41) is 2.60. The van der Waals surface area contributed by atoms with Gasteiger partial charge in [0.05, 0.1) is 15.6 Å². The average Bonchev–Trinajstić information content (AvgIpc) is 2.75. The molecule has 0 aliphatic carbocycles. The molecular formula is C23H20ClFN2O3S. The molecule has 0 atom stereocenters. The first-order valence-electron chi connectivity index (χ1n) is 9.74. The van der Waals surface area contributed by atoms with Crippen LogP contribution in [-0.4, -0.2) is 20.9 Å². The Morgan fingerprint density at radius 1 is 1.06 bits per heavy atom. The molecule has 3 aromatic carbocycles. The molecule has 160 valence electrons. The summed E-state index contributed by atoms with van der Waals surface area (Å²) in [5.41, 5.74) is 3.10. The van der Waals surface area contributed by atoms with Crippen molar-refractivity contribution in [2.75, 3.05) is 16.2 Å². The highest BCUT2D eigenvalue weighted by atomic mass is 35.5. The highest BCUT2D eigenvalue weighted by Crippen LogP contribution is 2.33. The second-order valence-corrected chi connectivity index (χ2v) is 9.69. The minimum atomic E-state index is -3.70. The fraction of sp³-hybridized carbons (Fsp3) is 0.174. The first kappa shape index (κ1) is 21.3. The molecule has 1 N–H and O–H groups in total. The van der Waals surface area contributed by atoms with Gasteiger partial charge in [0.25, 0.3) is 15.9 Å². The molecule has 0 bridgehead atoms. The quantitative estimate of drug-likeness (QED) is 0.585. The summed E-state index contributed by atoms with van der Waals surface area (Å²) >= 11 is 5.77. The lowest BCUT2D eigenvalue weighted by Crippen LogP contribution is -2.35. The topological polar surface area (TPSA) is 66.5 Å². The number of halogens is 2. The molecule has 0 spiro atoms. The van der Waals surface area contributed by atoms with E-state index >= 15 is 0 Å². The molecule has 0 fully saturated rings. The van der Waals surface area contributed by atoms with E-state index in [0.29, 0.717) is 36.3 Å². The molecule has 4 rings (SSSR count). The van der Waals surface area contributed by atoms with Crippen molar-refractivity contribution in [2.24, 2.45) is 0 Å². The van der Waals surface area contributed by atoms with Crippen LogP contribution < -0.4 is 9.62 Å². The van der Waals surface area contributed by atoms with Crippen LogP contribution in [0.2, 0.25) is 5.02 Å². The van der Waals surface area contributed by atoms with E-state index < -0.39 is 15.8 Å². The molecule has 0 radical (unpaired) electrons. The van der Waals surface area contributed by atoms with Crippen molar-refractivity contribution in [3.05, 3.63) is 88.2 Å². The summed E-state index contributed by atoms with van der Waals surface area (Å²) in [6.07, 6.45) is 1.31. The largest absolute Gasteiger partial charge is 0.322 e. The minimum absolute atomic E-state index is 0.0832. The Bertz CT molecular complexity index is 1260. The van der Waals surface area contributed by atoms with E-state index in [0.717, 1.165) is 11.1 Å². The normalized spacial score (nSPS) is 13.6. The number of carbonyl (C=O) groups is 1. The van der Waals surface area contributed by atoms with Gasteiger partial charge in [0, 0.05) is 17.8 Å². The SMILES string of the molecule is Cc1ccc(S(=O)(=O)N2CCCc3cc(C(=O)Nc4ccc(F)c(Cl)c4)ccc32)cc1. The van der Waals surface area contributed by atoms with Gasteiger partial charge in [0.2, 0.25) is 0 Å². The van der Waals surface area contributed by atoms with E-state index in [4.69, 9.17) is 11.6 Å². The van der Waals surface area contributed by atoms with Crippen LogP contribution in [0.4, 0.5) is 15.8 Å². The Hall–Kier alpha value is -2.90. The molecule has 5 nitrogen and oxygen atoms in total. The lowest BCUT2D eigenvalue weighted by Gasteiger charge is -2.30. The molecule has 0 unspecified atom stereocenters. The zero-order chi connectivity index (χ0) is 22.2. The third kappa shape index (κ3) is 4.29. The number of rotatable bonds is 4. The molecule has 0 aromatic heterocycles. The zero-order valence-electron chi connectivity index (χ0n) is 16.7. The Labute approximate surface area is 185 Å². The number of amides is 1. The van der Waals surface area contributed by atoms with Gasteiger partial charge >= 0.3 is 0 Å². The molecule has 1 aliphatic rings. The Kier molecular flexibility index (Phi) is 5.73. The number of fused-ring (bicyclic) bond motifs is 1. The van der Waals surface area contributed by atoms with Gasteiger partial charge in [0.1, 0.15) is 5.82 Å². The maximum Gasteiger partial charge on any atom is 0.264 e. The molecule has 0 saturated heterocycles. The molecule has 0 saturated carbocycles. The summed E-state index contributed by atoms with van der Waals surface area (Å²) in [6.45, 7) is 2.28. The number of aryl methyl sites for hydroxylation is 2. The van der Waals surface area contributed by atoms with Crippen LogP contribution in [0.3, 0.4) is 0 Å². The fourth-order valence-corrected chi connectivity index (χ4v) is 5.29. The van der Waals surface area contributed by atoms with Crippen LogP contribution in [0.5, 0.6) is 0 Å². The number of nitrogens with zero attached hydrogens (tertiary/aromatic N) is 1. The maximum absolute atomic E-state index is 13.3. The molecule has 8 heteroatoms. The van der Waals surface area contributed by atoms with E-state index in [1.54, 1.807) is 42.5 Å². The molecule has 3 aromatic rings. The van der Waals surface area contributed by atoms with Gasteiger partial charge in [-0.2, -0.15) is 0 Å². The van der Waals surface area contributed by atoms with Gasteiger partial charge in [-0.15, -0.1) is 0 Å². The molecule has 31 heavy (non-hydrogen) atoms. The zero-order valence-corrected chi connectivity index (χ0v) is 18.3. The van der Waals surface area contributed by atoms with Crippen LogP contribution in [0, 0.1) is 12.7 Å². The van der Waals surface area contributed by atoms with Crippen molar-refractivity contribution in [3.63, 3.8) is 0 Å². The third-order valence-corrected chi connectivity index (χ3v) is 7.32. The van der Waals surface area contributed by atoms with Crippen LogP contribution in [0.15, 0.2) is 65.6 Å². The van der Waals surface area contributed by atoms with Crippen molar-refractivity contribution in [1.82, 2.24) is 0 Å². The van der Waals surface area contributed by atoms with Gasteiger partial charge < -0.3 is 5.32 Å². The van der Waals surface area contributed by atoms with Crippen LogP contribution in [0.25, 0.3) is 0 Å². The van der Waals surface area contributed by atoms with Gasteiger partial charge in [-0.1, -0.05) is 29.3 Å². The van der Waals surface area contributed by atoms with Gasteiger partial charge in [0.15, 0.2) is 0 Å². The first-order valence-corrected chi connectivity index (χ1v) is 11.6. The Morgan fingerprint density at radius 2 is 1.81 bits per heavy atom. The van der Waals surface area contributed by atoms with E-state index in [2.05, 4.69) is 5.32 Å². The van der Waals surface area contributed by atoms with Crippen molar-refractivity contribution in [1.29, 1.82) is 0 Å². The number of sulfonamides is 1. The number of hydrogen-bond donors (Lipinski definition) is 1.